The van der Waals surface area contributed by atoms with Gasteiger partial charge >= 0.3 is 6.18 Å². The summed E-state index contributed by atoms with van der Waals surface area (Å²) in [5.74, 6) is 0. The zero-order chi connectivity index (χ0) is 17.6. The lowest BCUT2D eigenvalue weighted by molar-refractivity contribution is -0.137. The lowest BCUT2D eigenvalue weighted by Crippen LogP contribution is -2.45. The molecular formula is C18H24ClF3N2. The van der Waals surface area contributed by atoms with Crippen molar-refractivity contribution in [3.8, 4) is 0 Å². The molecule has 2 rings (SSSR count). The Morgan fingerprint density at radius 2 is 1.92 bits per heavy atom. The second-order valence-electron chi connectivity index (χ2n) is 6.15. The summed E-state index contributed by atoms with van der Waals surface area (Å²) in [5, 5.41) is 3.43. The van der Waals surface area contributed by atoms with Crippen molar-refractivity contribution >= 4 is 11.6 Å². The molecule has 1 N–H and O–H groups in total. The second kappa shape index (κ2) is 8.88. The first kappa shape index (κ1) is 19.3. The highest BCUT2D eigenvalue weighted by molar-refractivity contribution is 6.30. The van der Waals surface area contributed by atoms with Crippen molar-refractivity contribution in [3.63, 3.8) is 0 Å². The molecular weight excluding hydrogens is 337 g/mol. The molecule has 2 nitrogen and oxygen atoms in total. The molecule has 0 amide bonds. The van der Waals surface area contributed by atoms with E-state index in [4.69, 9.17) is 11.6 Å². The first-order valence-corrected chi connectivity index (χ1v) is 8.73. The zero-order valence-electron chi connectivity index (χ0n) is 13.7. The minimum Gasteiger partial charge on any atom is -0.314 e. The van der Waals surface area contributed by atoms with E-state index in [0.29, 0.717) is 5.56 Å². The van der Waals surface area contributed by atoms with Gasteiger partial charge in [0.05, 0.1) is 5.56 Å². The predicted octanol–water partition coefficient (Wildman–Crippen LogP) is 5.05. The third kappa shape index (κ3) is 5.50. The SMILES string of the molecule is C=CCCCC[C@@H](c1cc(Cl)cc(C(F)(F)F)c1)N1CCNCC1. The number of nitrogens with one attached hydrogen (secondary N) is 1. The fraction of sp³-hybridized carbons (Fsp3) is 0.556. The molecule has 1 aliphatic rings. The molecule has 134 valence electrons. The molecule has 1 atom stereocenters. The van der Waals surface area contributed by atoms with E-state index in [9.17, 15) is 13.2 Å². The molecule has 0 aromatic heterocycles. The van der Waals surface area contributed by atoms with E-state index in [2.05, 4.69) is 16.8 Å². The lowest BCUT2D eigenvalue weighted by atomic mass is 9.96. The van der Waals surface area contributed by atoms with Gasteiger partial charge in [-0.05, 0) is 43.0 Å². The standard InChI is InChI=1S/C18H24ClF3N2/c1-2-3-4-5-6-17(24-9-7-23-8-10-24)14-11-15(18(20,21)22)13-16(19)12-14/h2,11-13,17,23H,1,3-10H2/t17-/m0/s1. The Morgan fingerprint density at radius 1 is 1.21 bits per heavy atom. The molecule has 1 aromatic rings. The van der Waals surface area contributed by atoms with Crippen LogP contribution in [0.25, 0.3) is 0 Å². The van der Waals surface area contributed by atoms with Gasteiger partial charge in [0.2, 0.25) is 0 Å². The summed E-state index contributed by atoms with van der Waals surface area (Å²) in [7, 11) is 0. The van der Waals surface area contributed by atoms with Crippen LogP contribution in [0, 0.1) is 0 Å². The molecule has 1 aromatic carbocycles. The summed E-state index contributed by atoms with van der Waals surface area (Å²) in [4.78, 5) is 2.26. The van der Waals surface area contributed by atoms with E-state index in [0.717, 1.165) is 57.9 Å². The smallest absolute Gasteiger partial charge is 0.314 e. The summed E-state index contributed by atoms with van der Waals surface area (Å²) in [6.45, 7) is 7.10. The Labute approximate surface area is 146 Å². The Balaban J connectivity index is 2.24. The highest BCUT2D eigenvalue weighted by Gasteiger charge is 2.32. The third-order valence-corrected chi connectivity index (χ3v) is 4.58. The summed E-state index contributed by atoms with van der Waals surface area (Å²) in [6.07, 6.45) is 1.20. The number of nitrogens with zero attached hydrogens (tertiary/aromatic N) is 1. The molecule has 0 bridgehead atoms. The quantitative estimate of drug-likeness (QED) is 0.540. The van der Waals surface area contributed by atoms with Gasteiger partial charge in [-0.2, -0.15) is 13.2 Å². The van der Waals surface area contributed by atoms with Crippen LogP contribution in [-0.2, 0) is 6.18 Å². The van der Waals surface area contributed by atoms with Crippen molar-refractivity contribution in [2.45, 2.75) is 37.9 Å². The van der Waals surface area contributed by atoms with E-state index in [1.54, 1.807) is 6.07 Å². The lowest BCUT2D eigenvalue weighted by Gasteiger charge is -2.35. The minimum absolute atomic E-state index is 0.0308. The Morgan fingerprint density at radius 3 is 2.54 bits per heavy atom. The summed E-state index contributed by atoms with van der Waals surface area (Å²) < 4.78 is 39.3. The van der Waals surface area contributed by atoms with E-state index < -0.39 is 11.7 Å². The van der Waals surface area contributed by atoms with Gasteiger partial charge in [-0.25, -0.2) is 0 Å². The normalized spacial score (nSPS) is 17.7. The predicted molar refractivity (Wildman–Crippen MR) is 92.3 cm³/mol. The number of unbranched alkanes of at least 4 members (excludes halogenated alkanes) is 2. The molecule has 6 heteroatoms. The number of hydrogen-bond donors (Lipinski definition) is 1. The van der Waals surface area contributed by atoms with Gasteiger partial charge in [-0.15, -0.1) is 6.58 Å². The van der Waals surface area contributed by atoms with Crippen LogP contribution in [0.15, 0.2) is 30.9 Å². The van der Waals surface area contributed by atoms with Crippen LogP contribution < -0.4 is 5.32 Å². The topological polar surface area (TPSA) is 15.3 Å². The van der Waals surface area contributed by atoms with E-state index in [1.165, 1.54) is 6.07 Å². The van der Waals surface area contributed by atoms with Crippen molar-refractivity contribution in [1.82, 2.24) is 10.2 Å². The van der Waals surface area contributed by atoms with E-state index in [-0.39, 0.29) is 11.1 Å². The minimum atomic E-state index is -4.38. The molecule has 0 unspecified atom stereocenters. The van der Waals surface area contributed by atoms with Crippen LogP contribution in [0.4, 0.5) is 13.2 Å². The Hall–Kier alpha value is -1.04. The summed E-state index contributed by atoms with van der Waals surface area (Å²) in [6, 6.07) is 3.90. The summed E-state index contributed by atoms with van der Waals surface area (Å²) in [5.41, 5.74) is -0.00782. The van der Waals surface area contributed by atoms with Crippen LogP contribution >= 0.6 is 11.6 Å². The van der Waals surface area contributed by atoms with Crippen LogP contribution in [0.1, 0.15) is 42.9 Å². The van der Waals surface area contributed by atoms with Crippen molar-refractivity contribution in [2.24, 2.45) is 0 Å². The van der Waals surface area contributed by atoms with Gasteiger partial charge in [0, 0.05) is 37.2 Å². The maximum atomic E-state index is 13.1. The average Bonchev–Trinajstić information content (AvgIpc) is 2.54. The largest absolute Gasteiger partial charge is 0.416 e. The van der Waals surface area contributed by atoms with E-state index in [1.807, 2.05) is 6.08 Å². The van der Waals surface area contributed by atoms with Gasteiger partial charge in [-0.1, -0.05) is 24.1 Å². The maximum Gasteiger partial charge on any atom is 0.416 e. The van der Waals surface area contributed by atoms with Gasteiger partial charge in [0.1, 0.15) is 0 Å². The number of halogens is 4. The van der Waals surface area contributed by atoms with Gasteiger partial charge in [0.25, 0.3) is 0 Å². The molecule has 1 saturated heterocycles. The molecule has 0 aliphatic carbocycles. The number of benzene rings is 1. The van der Waals surface area contributed by atoms with Crippen molar-refractivity contribution < 1.29 is 13.2 Å². The van der Waals surface area contributed by atoms with Crippen LogP contribution in [0.5, 0.6) is 0 Å². The number of alkyl halides is 3. The third-order valence-electron chi connectivity index (χ3n) is 4.36. The van der Waals surface area contributed by atoms with Crippen molar-refractivity contribution in [3.05, 3.63) is 47.0 Å². The van der Waals surface area contributed by atoms with Crippen molar-refractivity contribution in [2.75, 3.05) is 26.2 Å². The first-order valence-electron chi connectivity index (χ1n) is 8.35. The number of allylic oxidation sites excluding steroid dienone is 1. The fourth-order valence-corrected chi connectivity index (χ4v) is 3.39. The van der Waals surface area contributed by atoms with Crippen molar-refractivity contribution in [1.29, 1.82) is 0 Å². The second-order valence-corrected chi connectivity index (χ2v) is 6.58. The van der Waals surface area contributed by atoms with Gasteiger partial charge in [0.15, 0.2) is 0 Å². The summed E-state index contributed by atoms with van der Waals surface area (Å²) >= 11 is 5.98. The highest BCUT2D eigenvalue weighted by Crippen LogP contribution is 2.36. The first-order chi connectivity index (χ1) is 11.4. The molecule has 24 heavy (non-hydrogen) atoms. The van der Waals surface area contributed by atoms with Gasteiger partial charge < -0.3 is 5.32 Å². The zero-order valence-corrected chi connectivity index (χ0v) is 14.5. The number of hydrogen-bond acceptors (Lipinski definition) is 2. The molecule has 1 fully saturated rings. The van der Waals surface area contributed by atoms with Gasteiger partial charge in [-0.3, -0.25) is 4.90 Å². The average molecular weight is 361 g/mol. The molecule has 0 radical (unpaired) electrons. The highest BCUT2D eigenvalue weighted by atomic mass is 35.5. The number of piperazine rings is 1. The van der Waals surface area contributed by atoms with Crippen LogP contribution in [0.2, 0.25) is 5.02 Å². The Bertz CT molecular complexity index is 540. The fourth-order valence-electron chi connectivity index (χ4n) is 3.15. The molecule has 1 heterocycles. The number of rotatable bonds is 7. The molecule has 0 saturated carbocycles. The monoisotopic (exact) mass is 360 g/mol. The molecule has 0 spiro atoms. The van der Waals surface area contributed by atoms with E-state index >= 15 is 0 Å². The Kier molecular flexibility index (Phi) is 7.14. The van der Waals surface area contributed by atoms with Crippen LogP contribution in [-0.4, -0.2) is 31.1 Å². The maximum absolute atomic E-state index is 13.1. The van der Waals surface area contributed by atoms with Crippen LogP contribution in [0.3, 0.4) is 0 Å². The molecule has 1 aliphatic heterocycles.